The number of Topliss-reactive ketones (excluding diaryl/α,β-unsaturated/α-hetero) is 1. The zero-order chi connectivity index (χ0) is 12.7. The Morgan fingerprint density at radius 1 is 1.35 bits per heavy atom. The maximum Gasteiger partial charge on any atom is 0.137 e. The molecule has 1 atom stereocenters. The third-order valence-electron chi connectivity index (χ3n) is 2.92. The van der Waals surface area contributed by atoms with Crippen molar-refractivity contribution in [3.8, 4) is 0 Å². The number of ketones is 1. The topological polar surface area (TPSA) is 43.1 Å². The molecule has 0 radical (unpaired) electrons. The van der Waals surface area contributed by atoms with Crippen molar-refractivity contribution in [1.82, 2.24) is 0 Å². The Kier molecular flexibility index (Phi) is 6.45. The van der Waals surface area contributed by atoms with Gasteiger partial charge in [-0.1, -0.05) is 41.1 Å². The third kappa shape index (κ3) is 5.46. The van der Waals surface area contributed by atoms with Crippen LogP contribution in [0.3, 0.4) is 0 Å². The van der Waals surface area contributed by atoms with Crippen molar-refractivity contribution >= 4 is 21.7 Å². The van der Waals surface area contributed by atoms with Crippen LogP contribution in [0, 0.1) is 5.92 Å². The smallest absolute Gasteiger partial charge is 0.137 e. The molecule has 2 nitrogen and oxygen atoms in total. The molecule has 0 spiro atoms. The van der Waals surface area contributed by atoms with E-state index in [1.54, 1.807) is 0 Å². The largest absolute Gasteiger partial charge is 0.330 e. The molecule has 0 aromatic heterocycles. The van der Waals surface area contributed by atoms with Crippen LogP contribution in [0.5, 0.6) is 0 Å². The lowest BCUT2D eigenvalue weighted by atomic mass is 9.98. The van der Waals surface area contributed by atoms with Crippen molar-refractivity contribution in [1.29, 1.82) is 0 Å². The van der Waals surface area contributed by atoms with Gasteiger partial charge in [0, 0.05) is 17.3 Å². The summed E-state index contributed by atoms with van der Waals surface area (Å²) in [5.41, 5.74) is 6.56. The molecule has 1 unspecified atom stereocenters. The summed E-state index contributed by atoms with van der Waals surface area (Å²) in [6.45, 7) is 2.86. The molecule has 3 heteroatoms. The molecule has 0 saturated heterocycles. The molecule has 0 saturated carbocycles. The SMILES string of the molecule is CC(CCN)CCC(=O)Cc1ccccc1Br. The Hall–Kier alpha value is -0.670. The van der Waals surface area contributed by atoms with E-state index in [1.807, 2.05) is 24.3 Å². The second-order valence-electron chi connectivity index (χ2n) is 4.53. The van der Waals surface area contributed by atoms with Crippen LogP contribution in [0.4, 0.5) is 0 Å². The van der Waals surface area contributed by atoms with Crippen LogP contribution in [0.2, 0.25) is 0 Å². The van der Waals surface area contributed by atoms with Crippen LogP contribution in [0.1, 0.15) is 31.7 Å². The van der Waals surface area contributed by atoms with E-state index in [2.05, 4.69) is 22.9 Å². The zero-order valence-corrected chi connectivity index (χ0v) is 11.9. The van der Waals surface area contributed by atoms with E-state index in [1.165, 1.54) is 0 Å². The summed E-state index contributed by atoms with van der Waals surface area (Å²) in [5, 5.41) is 0. The van der Waals surface area contributed by atoms with E-state index < -0.39 is 0 Å². The van der Waals surface area contributed by atoms with Crippen molar-refractivity contribution < 1.29 is 4.79 Å². The zero-order valence-electron chi connectivity index (χ0n) is 10.3. The predicted molar refractivity (Wildman–Crippen MR) is 74.9 cm³/mol. The van der Waals surface area contributed by atoms with Crippen molar-refractivity contribution in [3.63, 3.8) is 0 Å². The van der Waals surface area contributed by atoms with Gasteiger partial charge in [0.25, 0.3) is 0 Å². The van der Waals surface area contributed by atoms with Crippen LogP contribution in [0.25, 0.3) is 0 Å². The molecule has 0 fully saturated rings. The van der Waals surface area contributed by atoms with Gasteiger partial charge >= 0.3 is 0 Å². The quantitative estimate of drug-likeness (QED) is 0.839. The molecule has 0 bridgehead atoms. The minimum absolute atomic E-state index is 0.306. The molecule has 0 aliphatic heterocycles. The summed E-state index contributed by atoms with van der Waals surface area (Å²) in [6.07, 6.45) is 3.13. The van der Waals surface area contributed by atoms with Crippen LogP contribution in [-0.4, -0.2) is 12.3 Å². The fourth-order valence-corrected chi connectivity index (χ4v) is 2.20. The highest BCUT2D eigenvalue weighted by molar-refractivity contribution is 9.10. The number of benzene rings is 1. The first-order chi connectivity index (χ1) is 8.13. The standard InChI is InChI=1S/C14H20BrNO/c1-11(8-9-16)6-7-13(17)10-12-4-2-3-5-14(12)15/h2-5,11H,6-10,16H2,1H3. The molecule has 0 aliphatic rings. The summed E-state index contributed by atoms with van der Waals surface area (Å²) >= 11 is 3.46. The number of hydrogen-bond acceptors (Lipinski definition) is 2. The third-order valence-corrected chi connectivity index (χ3v) is 3.69. The average molecular weight is 298 g/mol. The van der Waals surface area contributed by atoms with Crippen molar-refractivity contribution in [2.45, 2.75) is 32.6 Å². The minimum atomic E-state index is 0.306. The lowest BCUT2D eigenvalue weighted by Gasteiger charge is -2.09. The van der Waals surface area contributed by atoms with E-state index in [4.69, 9.17) is 5.73 Å². The van der Waals surface area contributed by atoms with E-state index in [9.17, 15) is 4.79 Å². The van der Waals surface area contributed by atoms with Gasteiger partial charge in [0.1, 0.15) is 5.78 Å². The number of hydrogen-bond donors (Lipinski definition) is 1. The van der Waals surface area contributed by atoms with Crippen molar-refractivity contribution in [3.05, 3.63) is 34.3 Å². The lowest BCUT2D eigenvalue weighted by molar-refractivity contribution is -0.118. The first-order valence-electron chi connectivity index (χ1n) is 6.08. The summed E-state index contributed by atoms with van der Waals surface area (Å²) in [6, 6.07) is 7.89. The molecule has 2 N–H and O–H groups in total. The van der Waals surface area contributed by atoms with Crippen LogP contribution in [0.15, 0.2) is 28.7 Å². The van der Waals surface area contributed by atoms with Crippen LogP contribution in [-0.2, 0) is 11.2 Å². The fraction of sp³-hybridized carbons (Fsp3) is 0.500. The van der Waals surface area contributed by atoms with Gasteiger partial charge in [-0.3, -0.25) is 4.79 Å². The van der Waals surface area contributed by atoms with Gasteiger partial charge in [-0.05, 0) is 36.9 Å². The molecular weight excluding hydrogens is 278 g/mol. The Morgan fingerprint density at radius 3 is 2.71 bits per heavy atom. The van der Waals surface area contributed by atoms with Gasteiger partial charge in [-0.25, -0.2) is 0 Å². The van der Waals surface area contributed by atoms with Gasteiger partial charge < -0.3 is 5.73 Å². The summed E-state index contributed by atoms with van der Waals surface area (Å²) in [5.74, 6) is 0.851. The number of rotatable bonds is 7. The van der Waals surface area contributed by atoms with Gasteiger partial charge in [0.15, 0.2) is 0 Å². The summed E-state index contributed by atoms with van der Waals surface area (Å²) in [4.78, 5) is 11.8. The highest BCUT2D eigenvalue weighted by Gasteiger charge is 2.08. The molecular formula is C14H20BrNO. The first kappa shape index (κ1) is 14.4. The second kappa shape index (κ2) is 7.62. The van der Waals surface area contributed by atoms with E-state index >= 15 is 0 Å². The minimum Gasteiger partial charge on any atom is -0.330 e. The van der Waals surface area contributed by atoms with Gasteiger partial charge in [0.05, 0.1) is 0 Å². The molecule has 1 aromatic carbocycles. The number of carbonyl (C=O) groups is 1. The fourth-order valence-electron chi connectivity index (χ4n) is 1.78. The van der Waals surface area contributed by atoms with Crippen molar-refractivity contribution in [2.24, 2.45) is 11.7 Å². The lowest BCUT2D eigenvalue weighted by Crippen LogP contribution is -2.09. The van der Waals surface area contributed by atoms with Gasteiger partial charge in [0.2, 0.25) is 0 Å². The molecule has 17 heavy (non-hydrogen) atoms. The predicted octanol–water partition coefficient (Wildman–Crippen LogP) is 3.33. The molecule has 94 valence electrons. The van der Waals surface area contributed by atoms with E-state index in [0.29, 0.717) is 31.1 Å². The molecule has 0 heterocycles. The Bertz CT molecular complexity index is 365. The number of halogens is 1. The first-order valence-corrected chi connectivity index (χ1v) is 6.88. The summed E-state index contributed by atoms with van der Waals surface area (Å²) in [7, 11) is 0. The second-order valence-corrected chi connectivity index (χ2v) is 5.38. The highest BCUT2D eigenvalue weighted by Crippen LogP contribution is 2.18. The Balaban J connectivity index is 2.37. The molecule has 1 rings (SSSR count). The normalized spacial score (nSPS) is 12.4. The van der Waals surface area contributed by atoms with E-state index in [0.717, 1.165) is 22.9 Å². The maximum atomic E-state index is 11.8. The average Bonchev–Trinajstić information content (AvgIpc) is 2.30. The highest BCUT2D eigenvalue weighted by atomic mass is 79.9. The van der Waals surface area contributed by atoms with Gasteiger partial charge in [-0.2, -0.15) is 0 Å². The van der Waals surface area contributed by atoms with E-state index in [-0.39, 0.29) is 0 Å². The maximum absolute atomic E-state index is 11.8. The number of nitrogens with two attached hydrogens (primary N) is 1. The van der Waals surface area contributed by atoms with Gasteiger partial charge in [-0.15, -0.1) is 0 Å². The molecule has 0 aliphatic carbocycles. The van der Waals surface area contributed by atoms with Crippen LogP contribution < -0.4 is 5.73 Å². The monoisotopic (exact) mass is 297 g/mol. The summed E-state index contributed by atoms with van der Waals surface area (Å²) < 4.78 is 1.02. The van der Waals surface area contributed by atoms with Crippen LogP contribution >= 0.6 is 15.9 Å². The van der Waals surface area contributed by atoms with Crippen molar-refractivity contribution in [2.75, 3.05) is 6.54 Å². The Labute approximate surface area is 112 Å². The molecule has 0 amide bonds. The Morgan fingerprint density at radius 2 is 2.06 bits per heavy atom. The molecule has 1 aromatic rings. The number of carbonyl (C=O) groups excluding carboxylic acids is 1.